The number of nitrogens with zero attached hydrogens (tertiary/aromatic N) is 1. The van der Waals surface area contributed by atoms with Crippen molar-refractivity contribution in [2.24, 2.45) is 0 Å². The van der Waals surface area contributed by atoms with Crippen LogP contribution in [0.25, 0.3) is 0 Å². The molecule has 3 unspecified atom stereocenters. The Morgan fingerprint density at radius 3 is 3.05 bits per heavy atom. The lowest BCUT2D eigenvalue weighted by molar-refractivity contribution is -0.0634. The maximum Gasteiger partial charge on any atom is 0.129 e. The average molecular weight is 296 g/mol. The molecule has 1 N–H and O–H groups in total. The van der Waals surface area contributed by atoms with Crippen molar-refractivity contribution in [1.82, 2.24) is 10.2 Å². The van der Waals surface area contributed by atoms with Crippen LogP contribution < -0.4 is 5.32 Å². The third-order valence-electron chi connectivity index (χ3n) is 4.69. The van der Waals surface area contributed by atoms with Gasteiger partial charge in [-0.15, -0.1) is 0 Å². The fraction of sp³-hybridized carbons (Fsp3) is 0.625. The van der Waals surface area contributed by atoms with E-state index >= 15 is 0 Å². The molecule has 1 aromatic rings. The molecule has 3 nitrogen and oxygen atoms in total. The average Bonchev–Trinajstić information content (AvgIpc) is 2.94. The van der Waals surface area contributed by atoms with Crippen molar-refractivity contribution in [3.8, 4) is 0 Å². The van der Waals surface area contributed by atoms with E-state index in [9.17, 15) is 8.78 Å². The summed E-state index contributed by atoms with van der Waals surface area (Å²) >= 11 is 0. The minimum absolute atomic E-state index is 0.0338. The molecule has 116 valence electrons. The van der Waals surface area contributed by atoms with E-state index in [1.807, 2.05) is 7.05 Å². The summed E-state index contributed by atoms with van der Waals surface area (Å²) in [6, 6.07) is 4.37. The van der Waals surface area contributed by atoms with E-state index in [1.54, 1.807) is 0 Å². The quantitative estimate of drug-likeness (QED) is 0.919. The Bertz CT molecular complexity index is 497. The summed E-state index contributed by atoms with van der Waals surface area (Å²) in [6.07, 6.45) is 3.00. The van der Waals surface area contributed by atoms with Crippen LogP contribution in [0.15, 0.2) is 18.2 Å². The number of ether oxygens (including phenoxy) is 1. The first-order valence-corrected chi connectivity index (χ1v) is 7.64. The maximum absolute atomic E-state index is 13.8. The van der Waals surface area contributed by atoms with Gasteiger partial charge in [-0.1, -0.05) is 6.07 Å². The molecule has 0 aliphatic carbocycles. The normalized spacial score (nSPS) is 27.6. The molecule has 2 heterocycles. The monoisotopic (exact) mass is 296 g/mol. The van der Waals surface area contributed by atoms with Gasteiger partial charge in [0.2, 0.25) is 0 Å². The molecule has 0 aromatic heterocycles. The van der Waals surface area contributed by atoms with Gasteiger partial charge < -0.3 is 10.1 Å². The molecule has 0 radical (unpaired) electrons. The second kappa shape index (κ2) is 6.38. The zero-order chi connectivity index (χ0) is 14.8. The number of halogens is 2. The molecular formula is C16H22F2N2O. The predicted molar refractivity (Wildman–Crippen MR) is 77.2 cm³/mol. The topological polar surface area (TPSA) is 24.5 Å². The van der Waals surface area contributed by atoms with Crippen LogP contribution in [0.5, 0.6) is 0 Å². The van der Waals surface area contributed by atoms with E-state index in [-0.39, 0.29) is 12.1 Å². The number of benzene rings is 1. The number of hydrogen-bond acceptors (Lipinski definition) is 3. The highest BCUT2D eigenvalue weighted by Gasteiger charge is 2.35. The maximum atomic E-state index is 13.8. The lowest BCUT2D eigenvalue weighted by atomic mass is 9.99. The SMILES string of the molecule is CNC(Cc1ccc(F)cc1F)C1CN2CCCC2CO1. The molecule has 0 amide bonds. The van der Waals surface area contributed by atoms with Crippen molar-refractivity contribution in [3.05, 3.63) is 35.4 Å². The molecule has 21 heavy (non-hydrogen) atoms. The number of hydrogen-bond donors (Lipinski definition) is 1. The van der Waals surface area contributed by atoms with Crippen molar-refractivity contribution in [2.75, 3.05) is 26.7 Å². The van der Waals surface area contributed by atoms with Gasteiger partial charge >= 0.3 is 0 Å². The van der Waals surface area contributed by atoms with Gasteiger partial charge in [-0.25, -0.2) is 8.78 Å². The smallest absolute Gasteiger partial charge is 0.129 e. The highest BCUT2D eigenvalue weighted by molar-refractivity contribution is 5.20. The van der Waals surface area contributed by atoms with Crippen LogP contribution in [0.3, 0.4) is 0 Å². The predicted octanol–water partition coefficient (Wildman–Crippen LogP) is 1.96. The van der Waals surface area contributed by atoms with Gasteiger partial charge in [-0.3, -0.25) is 4.90 Å². The Kier molecular flexibility index (Phi) is 4.52. The molecule has 3 rings (SSSR count). The Labute approximate surface area is 124 Å². The Morgan fingerprint density at radius 1 is 1.43 bits per heavy atom. The zero-order valence-corrected chi connectivity index (χ0v) is 12.3. The van der Waals surface area contributed by atoms with Crippen LogP contribution in [0.2, 0.25) is 0 Å². The number of morpholine rings is 1. The van der Waals surface area contributed by atoms with Crippen molar-refractivity contribution in [2.45, 2.75) is 37.5 Å². The number of nitrogens with one attached hydrogen (secondary N) is 1. The molecular weight excluding hydrogens is 274 g/mol. The molecule has 0 saturated carbocycles. The molecule has 2 fully saturated rings. The summed E-state index contributed by atoms with van der Waals surface area (Å²) < 4.78 is 32.8. The lowest BCUT2D eigenvalue weighted by Gasteiger charge is -2.39. The minimum Gasteiger partial charge on any atom is -0.374 e. The first kappa shape index (κ1) is 14.9. The summed E-state index contributed by atoms with van der Waals surface area (Å²) in [5, 5.41) is 3.23. The summed E-state index contributed by atoms with van der Waals surface area (Å²) in [5.41, 5.74) is 0.530. The van der Waals surface area contributed by atoms with Gasteiger partial charge in [0.1, 0.15) is 11.6 Å². The van der Waals surface area contributed by atoms with Crippen LogP contribution in [-0.4, -0.2) is 49.8 Å². The van der Waals surface area contributed by atoms with Crippen LogP contribution in [-0.2, 0) is 11.2 Å². The van der Waals surface area contributed by atoms with Crippen molar-refractivity contribution >= 4 is 0 Å². The van der Waals surface area contributed by atoms with E-state index in [0.717, 1.165) is 25.8 Å². The summed E-state index contributed by atoms with van der Waals surface area (Å²) in [6.45, 7) is 2.78. The fourth-order valence-electron chi connectivity index (χ4n) is 3.43. The van der Waals surface area contributed by atoms with Gasteiger partial charge in [-0.05, 0) is 44.5 Å². The van der Waals surface area contributed by atoms with Gasteiger partial charge in [-0.2, -0.15) is 0 Å². The van der Waals surface area contributed by atoms with E-state index in [4.69, 9.17) is 4.74 Å². The number of likely N-dealkylation sites (N-methyl/N-ethyl adjacent to an activating group) is 1. The van der Waals surface area contributed by atoms with Crippen LogP contribution in [0.1, 0.15) is 18.4 Å². The van der Waals surface area contributed by atoms with Gasteiger partial charge in [0, 0.05) is 24.7 Å². The van der Waals surface area contributed by atoms with Crippen molar-refractivity contribution in [3.63, 3.8) is 0 Å². The third kappa shape index (κ3) is 3.25. The minimum atomic E-state index is -0.536. The van der Waals surface area contributed by atoms with Crippen molar-refractivity contribution in [1.29, 1.82) is 0 Å². The first-order valence-electron chi connectivity index (χ1n) is 7.64. The van der Waals surface area contributed by atoms with E-state index < -0.39 is 11.6 Å². The van der Waals surface area contributed by atoms with Crippen LogP contribution in [0.4, 0.5) is 8.78 Å². The standard InChI is InChI=1S/C16H22F2N2O/c1-19-15(7-11-4-5-12(17)8-14(11)18)16-9-20-6-2-3-13(20)10-21-16/h4-5,8,13,15-16,19H,2-3,6-7,9-10H2,1H3. The number of rotatable bonds is 4. The Hall–Kier alpha value is -1.04. The second-order valence-electron chi connectivity index (χ2n) is 6.00. The second-order valence-corrected chi connectivity index (χ2v) is 6.00. The molecule has 2 aliphatic rings. The van der Waals surface area contributed by atoms with Gasteiger partial charge in [0.15, 0.2) is 0 Å². The third-order valence-corrected chi connectivity index (χ3v) is 4.69. The van der Waals surface area contributed by atoms with Crippen molar-refractivity contribution < 1.29 is 13.5 Å². The molecule has 5 heteroatoms. The molecule has 0 bridgehead atoms. The van der Waals surface area contributed by atoms with E-state index in [2.05, 4.69) is 10.2 Å². The lowest BCUT2D eigenvalue weighted by Crippen LogP contribution is -2.54. The van der Waals surface area contributed by atoms with E-state index in [1.165, 1.54) is 25.0 Å². The zero-order valence-electron chi connectivity index (χ0n) is 12.3. The molecule has 0 spiro atoms. The van der Waals surface area contributed by atoms with Crippen LogP contribution in [0, 0.1) is 11.6 Å². The molecule has 3 atom stereocenters. The molecule has 2 aliphatic heterocycles. The Balaban J connectivity index is 1.67. The highest BCUT2D eigenvalue weighted by atomic mass is 19.1. The first-order chi connectivity index (χ1) is 10.2. The van der Waals surface area contributed by atoms with Crippen LogP contribution >= 0.6 is 0 Å². The summed E-state index contributed by atoms with van der Waals surface area (Å²) in [4.78, 5) is 2.47. The van der Waals surface area contributed by atoms with Gasteiger partial charge in [0.05, 0.1) is 12.7 Å². The summed E-state index contributed by atoms with van der Waals surface area (Å²) in [7, 11) is 1.87. The molecule has 1 aromatic carbocycles. The van der Waals surface area contributed by atoms with E-state index in [0.29, 0.717) is 18.0 Å². The summed E-state index contributed by atoms with van der Waals surface area (Å²) in [5.74, 6) is -1.02. The number of fused-ring (bicyclic) bond motifs is 1. The highest BCUT2D eigenvalue weighted by Crippen LogP contribution is 2.25. The molecule has 2 saturated heterocycles. The Morgan fingerprint density at radius 2 is 2.29 bits per heavy atom. The fourth-order valence-corrected chi connectivity index (χ4v) is 3.43. The van der Waals surface area contributed by atoms with Gasteiger partial charge in [0.25, 0.3) is 0 Å². The largest absolute Gasteiger partial charge is 0.374 e.